The molecule has 0 saturated carbocycles. The van der Waals surface area contributed by atoms with Gasteiger partial charge in [0.05, 0.1) is 31.5 Å². The first-order valence-corrected chi connectivity index (χ1v) is 9.82. The third-order valence-electron chi connectivity index (χ3n) is 3.79. The molecule has 27 heavy (non-hydrogen) atoms. The van der Waals surface area contributed by atoms with Crippen LogP contribution in [0, 0.1) is 0 Å². The molecule has 2 aromatic heterocycles. The highest BCUT2D eigenvalue weighted by atomic mass is 32.1. The maximum atomic E-state index is 11.8. The molecular weight excluding hydrogens is 380 g/mol. The van der Waals surface area contributed by atoms with Crippen LogP contribution in [-0.2, 0) is 17.8 Å². The van der Waals surface area contributed by atoms with Crippen molar-refractivity contribution in [1.82, 2.24) is 4.90 Å². The first kappa shape index (κ1) is 19.1. The minimum atomic E-state index is -0.330. The van der Waals surface area contributed by atoms with E-state index in [1.165, 1.54) is 4.88 Å². The number of carbonyl (C=O) groups excluding carboxylic acids is 1. The standard InChI is InChI=1S/C20H20N2O3S2/c1-2-24-19(23)15-7-9-16(10-8-15)21-20(26)22(13-17-5-3-11-25-17)14-18-6-4-12-27-18/h3-12H,2,13-14H2,1H3,(H,21,26). The van der Waals surface area contributed by atoms with Crippen molar-refractivity contribution in [3.05, 3.63) is 76.4 Å². The van der Waals surface area contributed by atoms with Gasteiger partial charge in [-0.1, -0.05) is 6.07 Å². The van der Waals surface area contributed by atoms with Crippen molar-refractivity contribution in [3.63, 3.8) is 0 Å². The molecule has 0 aliphatic heterocycles. The number of thiophene rings is 1. The SMILES string of the molecule is CCOC(=O)c1ccc(NC(=S)N(Cc2ccco2)Cc2cccs2)cc1. The molecule has 0 aliphatic rings. The fraction of sp³-hybridized carbons (Fsp3) is 0.200. The highest BCUT2D eigenvalue weighted by molar-refractivity contribution is 7.80. The molecule has 0 unspecified atom stereocenters. The molecule has 0 amide bonds. The lowest BCUT2D eigenvalue weighted by atomic mass is 10.2. The maximum absolute atomic E-state index is 11.8. The van der Waals surface area contributed by atoms with Crippen LogP contribution in [0.5, 0.6) is 0 Å². The zero-order valence-electron chi connectivity index (χ0n) is 14.9. The van der Waals surface area contributed by atoms with Gasteiger partial charge in [-0.3, -0.25) is 0 Å². The number of nitrogens with zero attached hydrogens (tertiary/aromatic N) is 1. The second-order valence-corrected chi connectivity index (χ2v) is 7.16. The lowest BCUT2D eigenvalue weighted by molar-refractivity contribution is 0.0526. The van der Waals surface area contributed by atoms with Crippen LogP contribution in [0.4, 0.5) is 5.69 Å². The Hall–Kier alpha value is -2.64. The number of carbonyl (C=O) groups is 1. The number of ether oxygens (including phenoxy) is 1. The topological polar surface area (TPSA) is 54.7 Å². The van der Waals surface area contributed by atoms with E-state index in [-0.39, 0.29) is 5.97 Å². The van der Waals surface area contributed by atoms with Crippen LogP contribution in [0.25, 0.3) is 0 Å². The number of rotatable bonds is 7. The van der Waals surface area contributed by atoms with Crippen molar-refractivity contribution in [3.8, 4) is 0 Å². The zero-order valence-corrected chi connectivity index (χ0v) is 16.5. The third-order valence-corrected chi connectivity index (χ3v) is 5.01. The minimum absolute atomic E-state index is 0.330. The van der Waals surface area contributed by atoms with E-state index in [1.54, 1.807) is 36.7 Å². The molecule has 140 valence electrons. The van der Waals surface area contributed by atoms with Gasteiger partial charge >= 0.3 is 5.97 Å². The quantitative estimate of drug-likeness (QED) is 0.449. The third kappa shape index (κ3) is 5.42. The molecule has 0 atom stereocenters. The molecule has 1 aromatic carbocycles. The lowest BCUT2D eigenvalue weighted by Gasteiger charge is -2.24. The van der Waals surface area contributed by atoms with Gasteiger partial charge in [-0.15, -0.1) is 11.3 Å². The van der Waals surface area contributed by atoms with E-state index < -0.39 is 0 Å². The molecule has 5 nitrogen and oxygen atoms in total. The van der Waals surface area contributed by atoms with E-state index in [9.17, 15) is 4.79 Å². The Bertz CT molecular complexity index is 823. The first-order valence-electron chi connectivity index (χ1n) is 8.53. The molecule has 3 rings (SSSR count). The van der Waals surface area contributed by atoms with E-state index in [0.717, 1.165) is 11.4 Å². The molecule has 3 aromatic rings. The number of furan rings is 1. The summed E-state index contributed by atoms with van der Waals surface area (Å²) in [5.41, 5.74) is 1.32. The van der Waals surface area contributed by atoms with Gasteiger partial charge in [-0.25, -0.2) is 4.79 Å². The lowest BCUT2D eigenvalue weighted by Crippen LogP contribution is -2.33. The fourth-order valence-electron chi connectivity index (χ4n) is 2.49. The van der Waals surface area contributed by atoms with Crippen LogP contribution in [-0.4, -0.2) is 22.6 Å². The second-order valence-electron chi connectivity index (χ2n) is 5.74. The summed E-state index contributed by atoms with van der Waals surface area (Å²) in [6, 6.07) is 15.0. The molecule has 0 aliphatic carbocycles. The summed E-state index contributed by atoms with van der Waals surface area (Å²) in [5, 5.41) is 5.87. The van der Waals surface area contributed by atoms with Crippen LogP contribution < -0.4 is 5.32 Å². The molecule has 2 heterocycles. The minimum Gasteiger partial charge on any atom is -0.467 e. The van der Waals surface area contributed by atoms with Crippen LogP contribution in [0.3, 0.4) is 0 Å². The van der Waals surface area contributed by atoms with Gasteiger partial charge < -0.3 is 19.4 Å². The number of benzene rings is 1. The Labute approximate surface area is 167 Å². The summed E-state index contributed by atoms with van der Waals surface area (Å²) in [4.78, 5) is 15.0. The number of anilines is 1. The van der Waals surface area contributed by atoms with Crippen LogP contribution in [0.15, 0.2) is 64.6 Å². The van der Waals surface area contributed by atoms with Crippen molar-refractivity contribution in [2.45, 2.75) is 20.0 Å². The number of nitrogens with one attached hydrogen (secondary N) is 1. The monoisotopic (exact) mass is 400 g/mol. The Morgan fingerprint density at radius 1 is 1.19 bits per heavy atom. The summed E-state index contributed by atoms with van der Waals surface area (Å²) in [7, 11) is 0. The number of esters is 1. The predicted molar refractivity (Wildman–Crippen MR) is 111 cm³/mol. The first-order chi connectivity index (χ1) is 13.2. The van der Waals surface area contributed by atoms with Crippen molar-refractivity contribution >= 4 is 40.3 Å². The van der Waals surface area contributed by atoms with Crippen molar-refractivity contribution in [2.24, 2.45) is 0 Å². The molecule has 0 spiro atoms. The highest BCUT2D eigenvalue weighted by Gasteiger charge is 2.14. The summed E-state index contributed by atoms with van der Waals surface area (Å²) < 4.78 is 10.5. The van der Waals surface area contributed by atoms with Gasteiger partial charge in [0.25, 0.3) is 0 Å². The van der Waals surface area contributed by atoms with Gasteiger partial charge in [-0.2, -0.15) is 0 Å². The number of hydrogen-bond donors (Lipinski definition) is 1. The Morgan fingerprint density at radius 3 is 2.63 bits per heavy atom. The van der Waals surface area contributed by atoms with E-state index in [2.05, 4.69) is 11.4 Å². The summed E-state index contributed by atoms with van der Waals surface area (Å²) in [5.74, 6) is 0.511. The smallest absolute Gasteiger partial charge is 0.338 e. The van der Waals surface area contributed by atoms with Gasteiger partial charge in [0.1, 0.15) is 5.76 Å². The van der Waals surface area contributed by atoms with Crippen molar-refractivity contribution in [1.29, 1.82) is 0 Å². The van der Waals surface area contributed by atoms with Gasteiger partial charge in [-0.05, 0) is 67.0 Å². The largest absolute Gasteiger partial charge is 0.467 e. The predicted octanol–water partition coefficient (Wildman–Crippen LogP) is 4.92. The van der Waals surface area contributed by atoms with Gasteiger partial charge in [0, 0.05) is 10.6 Å². The average Bonchev–Trinajstić information content (AvgIpc) is 3.36. The maximum Gasteiger partial charge on any atom is 0.338 e. The van der Waals surface area contributed by atoms with Crippen LogP contribution in [0.2, 0.25) is 0 Å². The second kappa shape index (κ2) is 9.34. The Balaban J connectivity index is 1.68. The Kier molecular flexibility index (Phi) is 6.62. The summed E-state index contributed by atoms with van der Waals surface area (Å²) >= 11 is 7.30. The molecule has 0 fully saturated rings. The van der Waals surface area contributed by atoms with Crippen LogP contribution in [0.1, 0.15) is 27.9 Å². The molecule has 1 N–H and O–H groups in total. The number of hydrogen-bond acceptors (Lipinski definition) is 5. The highest BCUT2D eigenvalue weighted by Crippen LogP contribution is 2.17. The average molecular weight is 401 g/mol. The van der Waals surface area contributed by atoms with Crippen molar-refractivity contribution < 1.29 is 13.9 Å². The summed E-state index contributed by atoms with van der Waals surface area (Å²) in [6.45, 7) is 3.39. The van der Waals surface area contributed by atoms with E-state index in [0.29, 0.717) is 30.4 Å². The summed E-state index contributed by atoms with van der Waals surface area (Å²) in [6.07, 6.45) is 1.66. The van der Waals surface area contributed by atoms with E-state index >= 15 is 0 Å². The fourth-order valence-corrected chi connectivity index (χ4v) is 3.45. The molecule has 0 bridgehead atoms. The molecular formula is C20H20N2O3S2. The van der Waals surface area contributed by atoms with Gasteiger partial charge in [0.2, 0.25) is 0 Å². The zero-order chi connectivity index (χ0) is 19.1. The molecule has 0 saturated heterocycles. The molecule has 0 radical (unpaired) electrons. The van der Waals surface area contributed by atoms with Crippen LogP contribution >= 0.6 is 23.6 Å². The van der Waals surface area contributed by atoms with Gasteiger partial charge in [0.15, 0.2) is 5.11 Å². The van der Waals surface area contributed by atoms with E-state index in [1.807, 2.05) is 40.6 Å². The molecule has 7 heteroatoms. The van der Waals surface area contributed by atoms with Crippen molar-refractivity contribution in [2.75, 3.05) is 11.9 Å². The normalized spacial score (nSPS) is 10.4. The number of thiocarbonyl (C=S) groups is 1. The Morgan fingerprint density at radius 2 is 2.00 bits per heavy atom. The van der Waals surface area contributed by atoms with E-state index in [4.69, 9.17) is 21.4 Å².